The number of hydrogen-bond donors (Lipinski definition) is 2. The third-order valence-electron chi connectivity index (χ3n) is 6.99. The number of fused-ring (bicyclic) bond motifs is 1. The van der Waals surface area contributed by atoms with Gasteiger partial charge in [-0.2, -0.15) is 4.31 Å². The number of carbonyl (C=O) groups is 1. The number of nitrogens with one attached hydrogen (secondary N) is 2. The molecule has 3 aliphatic rings. The van der Waals surface area contributed by atoms with Gasteiger partial charge in [-0.05, 0) is 62.3 Å². The standard InChI is InChI=1S/C22H33N3O3S/c26-22(17-24-15-12-18-6-2-3-7-19(18)16-24)23-20-8-10-21(11-9-20)29(27,28)25-13-4-1-5-14-25/h8-11,18-19H,1-7,12-17H2,(H,23,26)/p+1/t18-,19+/m0/s1. The first-order valence-electron chi connectivity index (χ1n) is 11.3. The lowest BCUT2D eigenvalue weighted by Crippen LogP contribution is -3.15. The average molecular weight is 421 g/mol. The molecule has 0 bridgehead atoms. The van der Waals surface area contributed by atoms with Gasteiger partial charge in [0.2, 0.25) is 10.0 Å². The van der Waals surface area contributed by atoms with Crippen LogP contribution in [0.1, 0.15) is 51.4 Å². The second-order valence-corrected chi connectivity index (χ2v) is 10.9. The summed E-state index contributed by atoms with van der Waals surface area (Å²) in [5.41, 5.74) is 0.666. The molecule has 3 atom stereocenters. The fraction of sp³-hybridized carbons (Fsp3) is 0.682. The van der Waals surface area contributed by atoms with E-state index in [4.69, 9.17) is 0 Å². The van der Waals surface area contributed by atoms with Crippen LogP contribution in [0.15, 0.2) is 29.2 Å². The Labute approximate surface area is 174 Å². The van der Waals surface area contributed by atoms with Crippen LogP contribution in [0.25, 0.3) is 0 Å². The van der Waals surface area contributed by atoms with Crippen LogP contribution in [0, 0.1) is 11.8 Å². The van der Waals surface area contributed by atoms with Gasteiger partial charge in [-0.1, -0.05) is 19.3 Å². The molecule has 1 amide bonds. The zero-order valence-electron chi connectivity index (χ0n) is 17.2. The molecule has 7 heteroatoms. The van der Waals surface area contributed by atoms with Gasteiger partial charge in [0.05, 0.1) is 18.0 Å². The van der Waals surface area contributed by atoms with Gasteiger partial charge in [0.15, 0.2) is 6.54 Å². The van der Waals surface area contributed by atoms with Gasteiger partial charge in [-0.3, -0.25) is 4.79 Å². The van der Waals surface area contributed by atoms with Gasteiger partial charge in [-0.15, -0.1) is 0 Å². The van der Waals surface area contributed by atoms with Gasteiger partial charge >= 0.3 is 0 Å². The van der Waals surface area contributed by atoms with Crippen LogP contribution in [-0.4, -0.2) is 51.4 Å². The van der Waals surface area contributed by atoms with Crippen molar-refractivity contribution in [2.75, 3.05) is 38.0 Å². The molecule has 0 radical (unpaired) electrons. The van der Waals surface area contributed by atoms with Crippen LogP contribution in [-0.2, 0) is 14.8 Å². The minimum Gasteiger partial charge on any atom is -0.327 e. The predicted molar refractivity (Wildman–Crippen MR) is 113 cm³/mol. The van der Waals surface area contributed by atoms with Crippen LogP contribution in [0.5, 0.6) is 0 Å². The maximum absolute atomic E-state index is 12.7. The van der Waals surface area contributed by atoms with Crippen molar-refractivity contribution in [1.82, 2.24) is 4.31 Å². The molecule has 1 aromatic carbocycles. The Morgan fingerprint density at radius 3 is 2.38 bits per heavy atom. The highest BCUT2D eigenvalue weighted by molar-refractivity contribution is 7.89. The molecular formula is C22H34N3O3S+. The summed E-state index contributed by atoms with van der Waals surface area (Å²) in [6.07, 6.45) is 9.60. The van der Waals surface area contributed by atoms with Gasteiger partial charge in [-0.25, -0.2) is 8.42 Å². The van der Waals surface area contributed by atoms with Crippen LogP contribution in [0.2, 0.25) is 0 Å². The lowest BCUT2D eigenvalue weighted by atomic mass is 9.75. The molecule has 160 valence electrons. The van der Waals surface area contributed by atoms with E-state index in [1.165, 1.54) is 37.0 Å². The van der Waals surface area contributed by atoms with Crippen molar-refractivity contribution in [3.05, 3.63) is 24.3 Å². The first-order valence-corrected chi connectivity index (χ1v) is 12.7. The number of likely N-dealkylation sites (tertiary alicyclic amines) is 1. The van der Waals surface area contributed by atoms with Crippen molar-refractivity contribution in [3.8, 4) is 0 Å². The summed E-state index contributed by atoms with van der Waals surface area (Å²) >= 11 is 0. The maximum atomic E-state index is 12.7. The molecule has 0 aromatic heterocycles. The molecule has 6 nitrogen and oxygen atoms in total. The zero-order valence-corrected chi connectivity index (χ0v) is 18.1. The van der Waals surface area contributed by atoms with E-state index in [1.807, 2.05) is 0 Å². The number of quaternary nitrogens is 1. The van der Waals surface area contributed by atoms with Gasteiger partial charge in [0.1, 0.15) is 0 Å². The highest BCUT2D eigenvalue weighted by Gasteiger charge is 2.34. The second kappa shape index (κ2) is 9.14. The van der Waals surface area contributed by atoms with Crippen molar-refractivity contribution in [1.29, 1.82) is 0 Å². The summed E-state index contributed by atoms with van der Waals surface area (Å²) in [7, 11) is -3.42. The highest BCUT2D eigenvalue weighted by atomic mass is 32.2. The number of benzene rings is 1. The largest absolute Gasteiger partial charge is 0.327 e. The number of anilines is 1. The average Bonchev–Trinajstić information content (AvgIpc) is 2.74. The summed E-state index contributed by atoms with van der Waals surface area (Å²) in [5, 5.41) is 2.95. The molecule has 2 saturated heterocycles. The number of carbonyl (C=O) groups excluding carboxylic acids is 1. The summed E-state index contributed by atoms with van der Waals surface area (Å²) in [6.45, 7) is 3.90. The van der Waals surface area contributed by atoms with E-state index in [0.29, 0.717) is 30.2 Å². The Balaban J connectivity index is 1.31. The van der Waals surface area contributed by atoms with Gasteiger partial charge < -0.3 is 10.2 Å². The van der Waals surface area contributed by atoms with Crippen LogP contribution in [0.4, 0.5) is 5.69 Å². The summed E-state index contributed by atoms with van der Waals surface area (Å²) in [6, 6.07) is 6.63. The van der Waals surface area contributed by atoms with Gasteiger partial charge in [0, 0.05) is 24.7 Å². The number of piperidine rings is 2. The Bertz CT molecular complexity index is 803. The maximum Gasteiger partial charge on any atom is 0.279 e. The molecule has 29 heavy (non-hydrogen) atoms. The second-order valence-electron chi connectivity index (χ2n) is 9.01. The molecule has 2 N–H and O–H groups in total. The lowest BCUT2D eigenvalue weighted by Gasteiger charge is -2.38. The van der Waals surface area contributed by atoms with E-state index in [2.05, 4.69) is 5.32 Å². The van der Waals surface area contributed by atoms with Crippen LogP contribution >= 0.6 is 0 Å². The number of nitrogens with zero attached hydrogens (tertiary/aromatic N) is 1. The summed E-state index contributed by atoms with van der Waals surface area (Å²) in [5.74, 6) is 1.69. The smallest absolute Gasteiger partial charge is 0.279 e. The molecular weight excluding hydrogens is 386 g/mol. The molecule has 1 unspecified atom stereocenters. The molecule has 4 rings (SSSR count). The van der Waals surface area contributed by atoms with E-state index in [-0.39, 0.29) is 5.91 Å². The zero-order chi connectivity index (χ0) is 20.3. The van der Waals surface area contributed by atoms with Crippen molar-refractivity contribution < 1.29 is 18.1 Å². The van der Waals surface area contributed by atoms with E-state index in [1.54, 1.807) is 28.6 Å². The van der Waals surface area contributed by atoms with Crippen molar-refractivity contribution in [2.24, 2.45) is 11.8 Å². The normalized spacial score (nSPS) is 28.5. The first-order chi connectivity index (χ1) is 14.0. The number of hydrogen-bond acceptors (Lipinski definition) is 3. The molecule has 3 fully saturated rings. The number of amides is 1. The van der Waals surface area contributed by atoms with E-state index in [9.17, 15) is 13.2 Å². The quantitative estimate of drug-likeness (QED) is 0.764. The minimum atomic E-state index is -3.42. The Morgan fingerprint density at radius 1 is 0.966 bits per heavy atom. The predicted octanol–water partition coefficient (Wildman–Crippen LogP) is 1.89. The number of rotatable bonds is 5. The van der Waals surface area contributed by atoms with E-state index >= 15 is 0 Å². The molecule has 2 aliphatic heterocycles. The lowest BCUT2D eigenvalue weighted by molar-refractivity contribution is -0.902. The highest BCUT2D eigenvalue weighted by Crippen LogP contribution is 2.32. The molecule has 1 aliphatic carbocycles. The minimum absolute atomic E-state index is 0.0147. The van der Waals surface area contributed by atoms with E-state index in [0.717, 1.165) is 44.2 Å². The fourth-order valence-corrected chi connectivity index (χ4v) is 6.87. The van der Waals surface area contributed by atoms with Crippen molar-refractivity contribution in [2.45, 2.75) is 56.3 Å². The van der Waals surface area contributed by atoms with E-state index < -0.39 is 10.0 Å². The summed E-state index contributed by atoms with van der Waals surface area (Å²) in [4.78, 5) is 14.2. The van der Waals surface area contributed by atoms with Crippen molar-refractivity contribution in [3.63, 3.8) is 0 Å². The van der Waals surface area contributed by atoms with Crippen LogP contribution in [0.3, 0.4) is 0 Å². The monoisotopic (exact) mass is 420 g/mol. The van der Waals surface area contributed by atoms with Crippen LogP contribution < -0.4 is 10.2 Å². The SMILES string of the molecule is O=C(C[NH+]1CC[C@@H]2CCCC[C@@H]2C1)Nc1ccc(S(=O)(=O)N2CCCCC2)cc1. The Kier molecular flexibility index (Phi) is 6.56. The van der Waals surface area contributed by atoms with Crippen molar-refractivity contribution >= 4 is 21.6 Å². The molecule has 2 heterocycles. The fourth-order valence-electron chi connectivity index (χ4n) is 5.35. The molecule has 1 saturated carbocycles. The molecule has 1 aromatic rings. The summed E-state index contributed by atoms with van der Waals surface area (Å²) < 4.78 is 27.0. The Hall–Kier alpha value is -1.44. The number of sulfonamides is 1. The first kappa shape index (κ1) is 20.8. The van der Waals surface area contributed by atoms with Gasteiger partial charge in [0.25, 0.3) is 5.91 Å². The Morgan fingerprint density at radius 2 is 1.66 bits per heavy atom. The third kappa shape index (κ3) is 5.01. The topological polar surface area (TPSA) is 70.9 Å². The third-order valence-corrected chi connectivity index (χ3v) is 8.90. The molecule has 0 spiro atoms.